The number of halogens is 1. The number of amides is 2. The van der Waals surface area contributed by atoms with Crippen LogP contribution in [0.5, 0.6) is 0 Å². The lowest BCUT2D eigenvalue weighted by Crippen LogP contribution is -2.35. The van der Waals surface area contributed by atoms with Crippen molar-refractivity contribution < 1.29 is 9.59 Å². The van der Waals surface area contributed by atoms with E-state index in [1.807, 2.05) is 36.4 Å². The predicted molar refractivity (Wildman–Crippen MR) is 107 cm³/mol. The van der Waals surface area contributed by atoms with Crippen LogP contribution in [0.4, 0.5) is 0 Å². The number of hydrogen-bond acceptors (Lipinski definition) is 5. The number of carbonyl (C=O) groups excluding carboxylic acids is 2. The molecule has 0 aliphatic carbocycles. The molecule has 7 nitrogen and oxygen atoms in total. The lowest BCUT2D eigenvalue weighted by molar-refractivity contribution is -0.120. The normalized spacial score (nSPS) is 19.1. The van der Waals surface area contributed by atoms with Crippen LogP contribution in [-0.4, -0.2) is 31.1 Å². The van der Waals surface area contributed by atoms with Gasteiger partial charge in [-0.25, -0.2) is 10.9 Å². The molecule has 1 aliphatic heterocycles. The van der Waals surface area contributed by atoms with E-state index in [-0.39, 0.29) is 30.3 Å². The Labute approximate surface area is 165 Å². The minimum absolute atomic E-state index is 0.0852. The summed E-state index contributed by atoms with van der Waals surface area (Å²) in [6.45, 7) is 0.554. The minimum Gasteiger partial charge on any atom is -0.343 e. The molecule has 1 fully saturated rings. The van der Waals surface area contributed by atoms with E-state index in [1.165, 1.54) is 0 Å². The van der Waals surface area contributed by atoms with Crippen molar-refractivity contribution in [1.82, 2.24) is 21.6 Å². The molecule has 0 radical (unpaired) electrons. The van der Waals surface area contributed by atoms with E-state index in [4.69, 9.17) is 0 Å². The molecule has 2 amide bonds. The van der Waals surface area contributed by atoms with Crippen LogP contribution in [0.25, 0.3) is 0 Å². The Hall–Kier alpha value is -2.55. The molecule has 1 heterocycles. The fourth-order valence-electron chi connectivity index (χ4n) is 2.79. The number of nitrogens with zero attached hydrogens (tertiary/aromatic N) is 1. The van der Waals surface area contributed by atoms with Crippen molar-refractivity contribution in [2.75, 3.05) is 13.1 Å². The zero-order valence-electron chi connectivity index (χ0n) is 14.5. The molecular formula is C19H20BrN5O2. The van der Waals surface area contributed by atoms with Crippen LogP contribution >= 0.6 is 15.9 Å². The first-order valence-electron chi connectivity index (χ1n) is 8.53. The van der Waals surface area contributed by atoms with Crippen LogP contribution in [-0.2, 0) is 4.79 Å². The van der Waals surface area contributed by atoms with Gasteiger partial charge in [0.25, 0.3) is 11.8 Å². The van der Waals surface area contributed by atoms with Gasteiger partial charge in [-0.15, -0.1) is 0 Å². The molecule has 1 aliphatic rings. The highest BCUT2D eigenvalue weighted by Crippen LogP contribution is 2.23. The summed E-state index contributed by atoms with van der Waals surface area (Å²) in [5.41, 5.74) is 10.4. The minimum atomic E-state index is -0.387. The maximum Gasteiger partial charge on any atom is 0.259 e. The number of hydrazine groups is 1. The summed E-state index contributed by atoms with van der Waals surface area (Å²) in [4.78, 5) is 24.0. The first kappa shape index (κ1) is 19.2. The van der Waals surface area contributed by atoms with Gasteiger partial charge < -0.3 is 5.32 Å². The smallest absolute Gasteiger partial charge is 0.259 e. The topological polar surface area (TPSA) is 94.6 Å². The molecule has 0 saturated carbocycles. The molecular weight excluding hydrogens is 410 g/mol. The largest absolute Gasteiger partial charge is 0.343 e. The second-order valence-electron chi connectivity index (χ2n) is 6.05. The van der Waals surface area contributed by atoms with E-state index < -0.39 is 0 Å². The maximum absolute atomic E-state index is 12.1. The summed E-state index contributed by atoms with van der Waals surface area (Å²) in [5.74, 6) is -0.612. The fraction of sp³-hybridized carbons (Fsp3) is 0.211. The van der Waals surface area contributed by atoms with Gasteiger partial charge in [0.15, 0.2) is 0 Å². The van der Waals surface area contributed by atoms with E-state index in [1.54, 1.807) is 24.4 Å². The molecule has 2 atom stereocenters. The van der Waals surface area contributed by atoms with Crippen molar-refractivity contribution in [1.29, 1.82) is 0 Å². The molecule has 2 unspecified atom stereocenters. The third-order valence-electron chi connectivity index (χ3n) is 4.17. The van der Waals surface area contributed by atoms with E-state index in [2.05, 4.69) is 42.6 Å². The summed E-state index contributed by atoms with van der Waals surface area (Å²) in [6, 6.07) is 17.1. The Bertz CT molecular complexity index is 828. The number of hydrogen-bond donors (Lipinski definition) is 4. The SMILES string of the molecule is O=C(CNC(=O)c1ccccc1Br)N/N=C/C1CNNC1c1ccccc1. The average molecular weight is 430 g/mol. The average Bonchev–Trinajstić information content (AvgIpc) is 3.16. The summed E-state index contributed by atoms with van der Waals surface area (Å²) in [7, 11) is 0. The second kappa shape index (κ2) is 9.40. The number of benzene rings is 2. The first-order valence-corrected chi connectivity index (χ1v) is 9.32. The lowest BCUT2D eigenvalue weighted by atomic mass is 9.96. The van der Waals surface area contributed by atoms with E-state index in [0.717, 1.165) is 5.56 Å². The first-order chi connectivity index (χ1) is 13.1. The van der Waals surface area contributed by atoms with E-state index in [0.29, 0.717) is 16.6 Å². The standard InChI is InChI=1S/C19H20BrN5O2/c20-16-9-5-4-8-15(16)19(27)21-12-17(26)24-22-10-14-11-23-25-18(14)13-6-2-1-3-7-13/h1-10,14,18,23,25H,11-12H2,(H,21,27)(H,24,26)/b22-10+. The molecule has 8 heteroatoms. The van der Waals surface area contributed by atoms with Gasteiger partial charge in [0.1, 0.15) is 0 Å². The Kier molecular flexibility index (Phi) is 6.69. The molecule has 0 bridgehead atoms. The van der Waals surface area contributed by atoms with Gasteiger partial charge in [-0.1, -0.05) is 42.5 Å². The predicted octanol–water partition coefficient (Wildman–Crippen LogP) is 1.75. The zero-order valence-corrected chi connectivity index (χ0v) is 16.1. The Morgan fingerprint density at radius 1 is 1.15 bits per heavy atom. The molecule has 27 heavy (non-hydrogen) atoms. The van der Waals surface area contributed by atoms with Crippen molar-refractivity contribution in [2.45, 2.75) is 6.04 Å². The number of rotatable bonds is 6. The summed E-state index contributed by atoms with van der Waals surface area (Å²) in [6.07, 6.45) is 1.71. The van der Waals surface area contributed by atoms with Crippen LogP contribution in [0.3, 0.4) is 0 Å². The molecule has 3 rings (SSSR count). The van der Waals surface area contributed by atoms with Gasteiger partial charge in [0, 0.05) is 23.1 Å². The van der Waals surface area contributed by atoms with Gasteiger partial charge in [-0.3, -0.25) is 15.0 Å². The Morgan fingerprint density at radius 2 is 1.89 bits per heavy atom. The van der Waals surface area contributed by atoms with E-state index >= 15 is 0 Å². The third kappa shape index (κ3) is 5.22. The molecule has 2 aromatic rings. The van der Waals surface area contributed by atoms with Crippen molar-refractivity contribution in [3.8, 4) is 0 Å². The van der Waals surface area contributed by atoms with Crippen LogP contribution in [0.15, 0.2) is 64.2 Å². The number of hydrazone groups is 1. The second-order valence-corrected chi connectivity index (χ2v) is 6.91. The fourth-order valence-corrected chi connectivity index (χ4v) is 3.25. The summed E-state index contributed by atoms with van der Waals surface area (Å²) in [5, 5.41) is 6.61. The van der Waals surface area contributed by atoms with Crippen molar-refractivity contribution in [2.24, 2.45) is 11.0 Å². The lowest BCUT2D eigenvalue weighted by Gasteiger charge is -2.14. The number of carbonyl (C=O) groups is 2. The van der Waals surface area contributed by atoms with Crippen LogP contribution in [0, 0.1) is 5.92 Å². The summed E-state index contributed by atoms with van der Waals surface area (Å²) < 4.78 is 0.675. The van der Waals surface area contributed by atoms with Gasteiger partial charge >= 0.3 is 0 Å². The molecule has 1 saturated heterocycles. The van der Waals surface area contributed by atoms with Crippen LogP contribution < -0.4 is 21.6 Å². The highest BCUT2D eigenvalue weighted by molar-refractivity contribution is 9.10. The van der Waals surface area contributed by atoms with Gasteiger partial charge in [-0.2, -0.15) is 5.10 Å². The highest BCUT2D eigenvalue weighted by Gasteiger charge is 2.26. The maximum atomic E-state index is 12.1. The monoisotopic (exact) mass is 429 g/mol. The quantitative estimate of drug-likeness (QED) is 0.415. The summed E-state index contributed by atoms with van der Waals surface area (Å²) >= 11 is 3.31. The van der Waals surface area contributed by atoms with Crippen molar-refractivity contribution in [3.63, 3.8) is 0 Å². The highest BCUT2D eigenvalue weighted by atomic mass is 79.9. The molecule has 140 valence electrons. The Morgan fingerprint density at radius 3 is 2.67 bits per heavy atom. The number of nitrogens with one attached hydrogen (secondary N) is 4. The molecule has 0 spiro atoms. The van der Waals surface area contributed by atoms with Gasteiger partial charge in [0.2, 0.25) is 0 Å². The molecule has 2 aromatic carbocycles. The van der Waals surface area contributed by atoms with Crippen molar-refractivity contribution >= 4 is 34.0 Å². The Balaban J connectivity index is 1.47. The van der Waals surface area contributed by atoms with Gasteiger partial charge in [0.05, 0.1) is 18.2 Å². The van der Waals surface area contributed by atoms with Gasteiger partial charge in [-0.05, 0) is 33.6 Å². The zero-order chi connectivity index (χ0) is 19.1. The molecule has 0 aromatic heterocycles. The van der Waals surface area contributed by atoms with E-state index in [9.17, 15) is 9.59 Å². The van der Waals surface area contributed by atoms with Crippen LogP contribution in [0.1, 0.15) is 22.0 Å². The van der Waals surface area contributed by atoms with Crippen LogP contribution in [0.2, 0.25) is 0 Å². The van der Waals surface area contributed by atoms with Crippen molar-refractivity contribution in [3.05, 3.63) is 70.2 Å². The third-order valence-corrected chi connectivity index (χ3v) is 4.86. The molecule has 4 N–H and O–H groups in total.